The molecule has 4 heteroatoms. The van der Waals surface area contributed by atoms with Crippen LogP contribution in [-0.2, 0) is 6.61 Å². The number of benzene rings is 1. The molecule has 1 aromatic carbocycles. The molecule has 3 nitrogen and oxygen atoms in total. The average Bonchev–Trinajstić information content (AvgIpc) is 2.38. The van der Waals surface area contributed by atoms with Gasteiger partial charge in [-0.2, -0.15) is 0 Å². The van der Waals surface area contributed by atoms with Gasteiger partial charge in [-0.3, -0.25) is 4.98 Å². The fraction of sp³-hybridized carbons (Fsp3) is 0.154. The molecule has 0 saturated carbocycles. The lowest BCUT2D eigenvalue weighted by Gasteiger charge is -2.11. The number of methoxy groups -OCH3 is 1. The molecule has 2 aromatic rings. The minimum absolute atomic E-state index is 0.227. The fourth-order valence-corrected chi connectivity index (χ4v) is 1.72. The summed E-state index contributed by atoms with van der Waals surface area (Å²) < 4.78 is 18.8. The van der Waals surface area contributed by atoms with Gasteiger partial charge in [0.1, 0.15) is 11.6 Å². The minimum atomic E-state index is -0.350. The monoisotopic (exact) mass is 233 g/mol. The van der Waals surface area contributed by atoms with E-state index in [4.69, 9.17) is 4.74 Å². The Morgan fingerprint density at radius 3 is 2.65 bits per heavy atom. The average molecular weight is 233 g/mol. The molecule has 0 radical (unpaired) electrons. The molecule has 0 bridgehead atoms. The second-order valence-corrected chi connectivity index (χ2v) is 3.51. The first-order valence-electron chi connectivity index (χ1n) is 5.14. The number of rotatable bonds is 3. The van der Waals surface area contributed by atoms with E-state index >= 15 is 0 Å². The topological polar surface area (TPSA) is 42.4 Å². The second-order valence-electron chi connectivity index (χ2n) is 3.51. The Morgan fingerprint density at radius 1 is 1.24 bits per heavy atom. The van der Waals surface area contributed by atoms with Crippen LogP contribution in [-0.4, -0.2) is 17.2 Å². The van der Waals surface area contributed by atoms with Crippen molar-refractivity contribution in [1.82, 2.24) is 4.98 Å². The van der Waals surface area contributed by atoms with Crippen molar-refractivity contribution < 1.29 is 14.2 Å². The summed E-state index contributed by atoms with van der Waals surface area (Å²) in [5, 5.41) is 9.35. The highest BCUT2D eigenvalue weighted by Gasteiger charge is 2.13. The molecule has 0 amide bonds. The molecule has 0 saturated heterocycles. The van der Waals surface area contributed by atoms with Gasteiger partial charge in [0.15, 0.2) is 0 Å². The number of hydrogen-bond donors (Lipinski definition) is 1. The molecular formula is C13H12FNO2. The van der Waals surface area contributed by atoms with E-state index in [1.807, 2.05) is 0 Å². The smallest absolute Gasteiger partial charge is 0.143 e. The van der Waals surface area contributed by atoms with Crippen LogP contribution < -0.4 is 4.74 Å². The van der Waals surface area contributed by atoms with Crippen LogP contribution in [0, 0.1) is 5.82 Å². The standard InChI is InChI=1S/C13H12FNO2/c1-17-13-7-15-6-10(11(13)8-16)9-4-2-3-5-12(9)14/h2-7,16H,8H2,1H3. The van der Waals surface area contributed by atoms with Crippen molar-refractivity contribution in [1.29, 1.82) is 0 Å². The highest BCUT2D eigenvalue weighted by molar-refractivity contribution is 5.69. The molecule has 1 N–H and O–H groups in total. The van der Waals surface area contributed by atoms with E-state index in [1.54, 1.807) is 18.2 Å². The van der Waals surface area contributed by atoms with Crippen molar-refractivity contribution in [3.8, 4) is 16.9 Å². The summed E-state index contributed by atoms with van der Waals surface area (Å²) in [6.07, 6.45) is 3.02. The Bertz CT molecular complexity index is 529. The minimum Gasteiger partial charge on any atom is -0.495 e. The normalized spacial score (nSPS) is 10.3. The van der Waals surface area contributed by atoms with Crippen molar-refractivity contribution in [2.24, 2.45) is 0 Å². The van der Waals surface area contributed by atoms with Gasteiger partial charge in [0.05, 0.1) is 19.9 Å². The maximum absolute atomic E-state index is 13.7. The third kappa shape index (κ3) is 2.12. The van der Waals surface area contributed by atoms with Crippen molar-refractivity contribution in [3.05, 3.63) is 48.0 Å². The largest absolute Gasteiger partial charge is 0.495 e. The van der Waals surface area contributed by atoms with Crippen molar-refractivity contribution >= 4 is 0 Å². The third-order valence-corrected chi connectivity index (χ3v) is 2.56. The van der Waals surface area contributed by atoms with Gasteiger partial charge < -0.3 is 9.84 Å². The van der Waals surface area contributed by atoms with Gasteiger partial charge >= 0.3 is 0 Å². The molecule has 17 heavy (non-hydrogen) atoms. The van der Waals surface area contributed by atoms with Gasteiger partial charge in [-0.25, -0.2) is 4.39 Å². The lowest BCUT2D eigenvalue weighted by atomic mass is 10.0. The summed E-state index contributed by atoms with van der Waals surface area (Å²) >= 11 is 0. The van der Waals surface area contributed by atoms with Gasteiger partial charge in [-0.15, -0.1) is 0 Å². The number of aliphatic hydroxyl groups is 1. The van der Waals surface area contributed by atoms with E-state index in [-0.39, 0.29) is 12.4 Å². The first-order chi connectivity index (χ1) is 8.27. The number of hydrogen-bond acceptors (Lipinski definition) is 3. The van der Waals surface area contributed by atoms with E-state index in [2.05, 4.69) is 4.98 Å². The molecule has 0 aliphatic heterocycles. The van der Waals surface area contributed by atoms with Crippen LogP contribution in [0.1, 0.15) is 5.56 Å². The molecule has 1 aromatic heterocycles. The summed E-state index contributed by atoms with van der Waals surface area (Å²) in [7, 11) is 1.49. The maximum atomic E-state index is 13.7. The zero-order chi connectivity index (χ0) is 12.3. The van der Waals surface area contributed by atoms with Gasteiger partial charge in [0.2, 0.25) is 0 Å². The zero-order valence-corrected chi connectivity index (χ0v) is 9.35. The third-order valence-electron chi connectivity index (χ3n) is 2.56. The molecule has 0 unspecified atom stereocenters. The first-order valence-corrected chi connectivity index (χ1v) is 5.14. The van der Waals surface area contributed by atoms with Crippen LogP contribution in [0.5, 0.6) is 5.75 Å². The number of nitrogens with zero attached hydrogens (tertiary/aromatic N) is 1. The molecule has 0 spiro atoms. The predicted molar refractivity (Wildman–Crippen MR) is 62.1 cm³/mol. The van der Waals surface area contributed by atoms with Crippen LogP contribution in [0.3, 0.4) is 0 Å². The Balaban J connectivity index is 2.63. The molecule has 0 atom stereocenters. The van der Waals surface area contributed by atoms with Crippen molar-refractivity contribution in [2.45, 2.75) is 6.61 Å². The molecular weight excluding hydrogens is 221 g/mol. The SMILES string of the molecule is COc1cncc(-c2ccccc2F)c1CO. The number of ether oxygens (including phenoxy) is 1. The first kappa shape index (κ1) is 11.5. The van der Waals surface area contributed by atoms with E-state index in [0.717, 1.165) is 0 Å². The Morgan fingerprint density at radius 2 is 2.00 bits per heavy atom. The summed E-state index contributed by atoms with van der Waals surface area (Å²) in [5.74, 6) is 0.102. The predicted octanol–water partition coefficient (Wildman–Crippen LogP) is 2.39. The van der Waals surface area contributed by atoms with Crippen LogP contribution in [0.4, 0.5) is 4.39 Å². The summed E-state index contributed by atoms with van der Waals surface area (Å²) in [4.78, 5) is 3.98. The molecule has 2 rings (SSSR count). The zero-order valence-electron chi connectivity index (χ0n) is 9.35. The van der Waals surface area contributed by atoms with Crippen LogP contribution in [0.2, 0.25) is 0 Å². The number of aliphatic hydroxyl groups excluding tert-OH is 1. The Hall–Kier alpha value is -1.94. The van der Waals surface area contributed by atoms with Gasteiger partial charge in [-0.1, -0.05) is 18.2 Å². The lowest BCUT2D eigenvalue weighted by molar-refractivity contribution is 0.274. The second kappa shape index (κ2) is 4.93. The quantitative estimate of drug-likeness (QED) is 0.885. The molecule has 0 aliphatic carbocycles. The Kier molecular flexibility index (Phi) is 3.35. The molecule has 88 valence electrons. The lowest BCUT2D eigenvalue weighted by Crippen LogP contribution is -1.97. The Labute approximate surface area is 98.5 Å². The maximum Gasteiger partial charge on any atom is 0.143 e. The van der Waals surface area contributed by atoms with Crippen molar-refractivity contribution in [2.75, 3.05) is 7.11 Å². The van der Waals surface area contributed by atoms with Crippen LogP contribution >= 0.6 is 0 Å². The van der Waals surface area contributed by atoms with E-state index < -0.39 is 0 Å². The fourth-order valence-electron chi connectivity index (χ4n) is 1.72. The number of aromatic nitrogens is 1. The molecule has 1 heterocycles. The van der Waals surface area contributed by atoms with E-state index in [1.165, 1.54) is 25.6 Å². The highest BCUT2D eigenvalue weighted by Crippen LogP contribution is 2.30. The summed E-state index contributed by atoms with van der Waals surface area (Å²) in [6.45, 7) is -0.227. The van der Waals surface area contributed by atoms with E-state index in [0.29, 0.717) is 22.4 Å². The van der Waals surface area contributed by atoms with Gasteiger partial charge in [-0.05, 0) is 6.07 Å². The van der Waals surface area contributed by atoms with Crippen LogP contribution in [0.15, 0.2) is 36.7 Å². The van der Waals surface area contributed by atoms with E-state index in [9.17, 15) is 9.50 Å². The highest BCUT2D eigenvalue weighted by atomic mass is 19.1. The summed E-state index contributed by atoms with van der Waals surface area (Å²) in [6, 6.07) is 6.37. The number of pyridine rings is 1. The van der Waals surface area contributed by atoms with Gasteiger partial charge in [0.25, 0.3) is 0 Å². The van der Waals surface area contributed by atoms with Crippen molar-refractivity contribution in [3.63, 3.8) is 0 Å². The van der Waals surface area contributed by atoms with Gasteiger partial charge in [0, 0.05) is 22.9 Å². The molecule has 0 fully saturated rings. The number of halogens is 1. The van der Waals surface area contributed by atoms with Crippen LogP contribution in [0.25, 0.3) is 11.1 Å². The summed E-state index contributed by atoms with van der Waals surface area (Å²) in [5.41, 5.74) is 1.49. The molecule has 0 aliphatic rings.